The van der Waals surface area contributed by atoms with E-state index in [2.05, 4.69) is 14.5 Å². The SMILES string of the molecule is COc1ncc(-c2nc(-c3ccc(F)cc3)cn2C2CCC(O)CC2)cn1. The first-order valence-electron chi connectivity index (χ1n) is 9.03. The number of aromatic nitrogens is 4. The summed E-state index contributed by atoms with van der Waals surface area (Å²) >= 11 is 0. The molecule has 0 amide bonds. The van der Waals surface area contributed by atoms with Gasteiger partial charge in [0.25, 0.3) is 0 Å². The van der Waals surface area contributed by atoms with Gasteiger partial charge in [0.2, 0.25) is 0 Å². The zero-order valence-electron chi connectivity index (χ0n) is 15.0. The molecule has 0 spiro atoms. The highest BCUT2D eigenvalue weighted by Gasteiger charge is 2.24. The van der Waals surface area contributed by atoms with Crippen molar-refractivity contribution >= 4 is 0 Å². The predicted octanol–water partition coefficient (Wildman–Crippen LogP) is 3.63. The maximum atomic E-state index is 13.3. The molecule has 0 aliphatic heterocycles. The minimum absolute atomic E-state index is 0.228. The lowest BCUT2D eigenvalue weighted by atomic mass is 9.93. The van der Waals surface area contributed by atoms with Crippen molar-refractivity contribution in [3.8, 4) is 28.7 Å². The van der Waals surface area contributed by atoms with Crippen molar-refractivity contribution in [3.05, 3.63) is 48.7 Å². The number of hydrogen-bond acceptors (Lipinski definition) is 5. The van der Waals surface area contributed by atoms with Crippen molar-refractivity contribution in [2.75, 3.05) is 7.11 Å². The van der Waals surface area contributed by atoms with E-state index in [1.165, 1.54) is 19.2 Å². The second-order valence-corrected chi connectivity index (χ2v) is 6.78. The highest BCUT2D eigenvalue weighted by atomic mass is 19.1. The predicted molar refractivity (Wildman–Crippen MR) is 98.7 cm³/mol. The van der Waals surface area contributed by atoms with E-state index in [4.69, 9.17) is 9.72 Å². The molecular weight excluding hydrogens is 347 g/mol. The van der Waals surface area contributed by atoms with Crippen LogP contribution in [0.3, 0.4) is 0 Å². The number of hydrogen-bond donors (Lipinski definition) is 1. The van der Waals surface area contributed by atoms with Crippen molar-refractivity contribution in [3.63, 3.8) is 0 Å². The second-order valence-electron chi connectivity index (χ2n) is 6.78. The Bertz CT molecular complexity index is 901. The van der Waals surface area contributed by atoms with Crippen LogP contribution >= 0.6 is 0 Å². The summed E-state index contributed by atoms with van der Waals surface area (Å²) in [6, 6.07) is 6.86. The highest BCUT2D eigenvalue weighted by Crippen LogP contribution is 2.34. The molecule has 140 valence electrons. The number of imidazole rings is 1. The van der Waals surface area contributed by atoms with Crippen LogP contribution in [0.1, 0.15) is 31.7 Å². The first kappa shape index (κ1) is 17.6. The molecule has 0 radical (unpaired) electrons. The highest BCUT2D eigenvalue weighted by molar-refractivity contribution is 5.64. The third kappa shape index (κ3) is 3.68. The molecule has 1 saturated carbocycles. The summed E-state index contributed by atoms with van der Waals surface area (Å²) in [5.41, 5.74) is 2.41. The summed E-state index contributed by atoms with van der Waals surface area (Å²) in [6.45, 7) is 0. The van der Waals surface area contributed by atoms with Gasteiger partial charge in [0.15, 0.2) is 0 Å². The van der Waals surface area contributed by atoms with Crippen LogP contribution in [-0.2, 0) is 0 Å². The number of benzene rings is 1. The maximum Gasteiger partial charge on any atom is 0.316 e. The Morgan fingerprint density at radius 1 is 1.04 bits per heavy atom. The largest absolute Gasteiger partial charge is 0.467 e. The Morgan fingerprint density at radius 2 is 1.70 bits per heavy atom. The molecule has 2 aromatic heterocycles. The van der Waals surface area contributed by atoms with Gasteiger partial charge in [-0.3, -0.25) is 0 Å². The van der Waals surface area contributed by atoms with Crippen LogP contribution in [0.5, 0.6) is 6.01 Å². The first-order chi connectivity index (χ1) is 13.1. The van der Waals surface area contributed by atoms with Crippen LogP contribution in [0, 0.1) is 5.82 Å². The van der Waals surface area contributed by atoms with Gasteiger partial charge >= 0.3 is 6.01 Å². The summed E-state index contributed by atoms with van der Waals surface area (Å²) in [5.74, 6) is 0.488. The molecule has 1 aliphatic carbocycles. The molecule has 1 N–H and O–H groups in total. The van der Waals surface area contributed by atoms with Crippen LogP contribution in [0.2, 0.25) is 0 Å². The molecule has 1 fully saturated rings. The van der Waals surface area contributed by atoms with Crippen molar-refractivity contribution < 1.29 is 14.2 Å². The van der Waals surface area contributed by atoms with Gasteiger partial charge in [0.1, 0.15) is 11.6 Å². The first-order valence-corrected chi connectivity index (χ1v) is 9.03. The number of halogens is 1. The van der Waals surface area contributed by atoms with E-state index >= 15 is 0 Å². The van der Waals surface area contributed by atoms with Crippen LogP contribution in [0.4, 0.5) is 4.39 Å². The Morgan fingerprint density at radius 3 is 2.33 bits per heavy atom. The van der Waals surface area contributed by atoms with Gasteiger partial charge in [-0.25, -0.2) is 19.3 Å². The molecule has 4 rings (SSSR count). The number of nitrogens with zero attached hydrogens (tertiary/aromatic N) is 4. The third-order valence-electron chi connectivity index (χ3n) is 5.00. The Hall–Kier alpha value is -2.80. The summed E-state index contributed by atoms with van der Waals surface area (Å²) in [4.78, 5) is 13.2. The van der Waals surface area contributed by atoms with Gasteiger partial charge in [-0.2, -0.15) is 0 Å². The van der Waals surface area contributed by atoms with Crippen LogP contribution in [0.25, 0.3) is 22.6 Å². The lowest BCUT2D eigenvalue weighted by molar-refractivity contribution is 0.111. The fourth-order valence-corrected chi connectivity index (χ4v) is 3.52. The zero-order chi connectivity index (χ0) is 18.8. The van der Waals surface area contributed by atoms with Crippen molar-refractivity contribution in [2.24, 2.45) is 0 Å². The molecule has 0 unspecified atom stereocenters. The molecule has 6 nitrogen and oxygen atoms in total. The molecular formula is C20H21FN4O2. The fourth-order valence-electron chi connectivity index (χ4n) is 3.52. The van der Waals surface area contributed by atoms with E-state index in [1.54, 1.807) is 24.5 Å². The smallest absolute Gasteiger partial charge is 0.316 e. The van der Waals surface area contributed by atoms with Gasteiger partial charge in [-0.15, -0.1) is 0 Å². The molecule has 0 atom stereocenters. The van der Waals surface area contributed by atoms with Crippen LogP contribution < -0.4 is 4.74 Å². The lowest BCUT2D eigenvalue weighted by Crippen LogP contribution is -2.21. The number of aliphatic hydroxyl groups is 1. The zero-order valence-corrected chi connectivity index (χ0v) is 15.0. The molecule has 1 aliphatic rings. The number of aliphatic hydroxyl groups excluding tert-OH is 1. The standard InChI is InChI=1S/C20H21FN4O2/c1-27-20-22-10-14(11-23-20)19-24-18(13-2-4-15(21)5-3-13)12-25(19)16-6-8-17(26)9-7-16/h2-5,10-12,16-17,26H,6-9H2,1H3. The summed E-state index contributed by atoms with van der Waals surface area (Å²) < 4.78 is 20.4. The molecule has 1 aromatic carbocycles. The Labute approximate surface area is 156 Å². The van der Waals surface area contributed by atoms with Gasteiger partial charge in [0.05, 0.1) is 24.5 Å². The summed E-state index contributed by atoms with van der Waals surface area (Å²) in [6.07, 6.45) is 8.45. The van der Waals surface area contributed by atoms with Gasteiger partial charge in [0, 0.05) is 30.2 Å². The number of ether oxygens (including phenoxy) is 1. The van der Waals surface area contributed by atoms with Gasteiger partial charge in [-0.05, 0) is 49.9 Å². The van der Waals surface area contributed by atoms with E-state index in [0.29, 0.717) is 6.01 Å². The topological polar surface area (TPSA) is 73.1 Å². The van der Waals surface area contributed by atoms with Crippen molar-refractivity contribution in [1.82, 2.24) is 19.5 Å². The molecule has 7 heteroatoms. The minimum atomic E-state index is -0.275. The monoisotopic (exact) mass is 368 g/mol. The molecule has 2 heterocycles. The summed E-state index contributed by atoms with van der Waals surface area (Å²) in [5, 5.41) is 9.83. The van der Waals surface area contributed by atoms with Crippen LogP contribution in [0.15, 0.2) is 42.9 Å². The van der Waals surface area contributed by atoms with Crippen molar-refractivity contribution in [2.45, 2.75) is 37.8 Å². The quantitative estimate of drug-likeness (QED) is 0.761. The molecule has 27 heavy (non-hydrogen) atoms. The van der Waals surface area contributed by atoms with E-state index in [1.807, 2.05) is 6.20 Å². The van der Waals surface area contributed by atoms with Crippen LogP contribution in [-0.4, -0.2) is 37.8 Å². The van der Waals surface area contributed by atoms with Crippen molar-refractivity contribution in [1.29, 1.82) is 0 Å². The third-order valence-corrected chi connectivity index (χ3v) is 5.00. The second kappa shape index (κ2) is 7.44. The van der Waals surface area contributed by atoms with E-state index in [-0.39, 0.29) is 18.0 Å². The molecule has 0 saturated heterocycles. The van der Waals surface area contributed by atoms with E-state index < -0.39 is 0 Å². The minimum Gasteiger partial charge on any atom is -0.467 e. The maximum absolute atomic E-state index is 13.3. The lowest BCUT2D eigenvalue weighted by Gasteiger charge is -2.27. The normalized spacial score (nSPS) is 19.8. The Balaban J connectivity index is 1.75. The average molecular weight is 368 g/mol. The van der Waals surface area contributed by atoms with Gasteiger partial charge in [-0.1, -0.05) is 0 Å². The number of methoxy groups -OCH3 is 1. The summed E-state index contributed by atoms with van der Waals surface area (Å²) in [7, 11) is 1.52. The average Bonchev–Trinajstić information content (AvgIpc) is 3.14. The fraction of sp³-hybridized carbons (Fsp3) is 0.350. The molecule has 3 aromatic rings. The molecule has 0 bridgehead atoms. The van der Waals surface area contributed by atoms with E-state index in [0.717, 1.165) is 48.3 Å². The Kier molecular flexibility index (Phi) is 4.85. The van der Waals surface area contributed by atoms with E-state index in [9.17, 15) is 9.50 Å². The number of rotatable bonds is 4. The van der Waals surface area contributed by atoms with Gasteiger partial charge < -0.3 is 14.4 Å².